The van der Waals surface area contributed by atoms with Gasteiger partial charge in [-0.15, -0.1) is 0 Å². The summed E-state index contributed by atoms with van der Waals surface area (Å²) in [5.74, 6) is -1.69. The van der Waals surface area contributed by atoms with Crippen molar-refractivity contribution in [1.82, 2.24) is 10.6 Å². The Kier molecular flexibility index (Phi) is 13.6. The fraction of sp³-hybridized carbons (Fsp3) is 0.396. The van der Waals surface area contributed by atoms with Crippen LogP contribution in [0.5, 0.6) is 0 Å². The molecular formula is C53H62N2O9Si. The number of hydrogen-bond acceptors (Lipinski definition) is 9. The molecule has 0 aromatic heterocycles. The Morgan fingerprint density at radius 1 is 0.662 bits per heavy atom. The number of hydrogen-bond donors (Lipinski definition) is 3. The van der Waals surface area contributed by atoms with Gasteiger partial charge in [0.05, 0.1) is 24.8 Å². The van der Waals surface area contributed by atoms with Crippen LogP contribution in [0.2, 0.25) is 18.1 Å². The third-order valence-corrected chi connectivity index (χ3v) is 17.8. The van der Waals surface area contributed by atoms with Gasteiger partial charge in [-0.05, 0) is 79.4 Å². The van der Waals surface area contributed by atoms with Crippen LogP contribution in [-0.4, -0.2) is 92.6 Å². The number of fused-ring (bicyclic) bond motifs is 1. The number of amides is 2. The van der Waals surface area contributed by atoms with E-state index in [1.165, 1.54) is 0 Å². The highest BCUT2D eigenvalue weighted by molar-refractivity contribution is 6.74. The number of nitrogens with one attached hydrogen (secondary N) is 2. The molecule has 0 radical (unpaired) electrons. The molecule has 2 aliphatic heterocycles. The maximum absolute atomic E-state index is 14.0. The topological polar surface area (TPSA) is 134 Å². The largest absolute Gasteiger partial charge is 0.409 e. The van der Waals surface area contributed by atoms with Crippen molar-refractivity contribution < 1.29 is 42.8 Å². The Hall–Kier alpha value is -5.02. The molecule has 0 spiro atoms. The fourth-order valence-corrected chi connectivity index (χ4v) is 10.3. The molecule has 11 nitrogen and oxygen atoms in total. The minimum atomic E-state index is -2.64. The van der Waals surface area contributed by atoms with E-state index >= 15 is 0 Å². The Balaban J connectivity index is 1.15. The first-order chi connectivity index (χ1) is 31.1. The quantitative estimate of drug-likeness (QED) is 0.0743. The van der Waals surface area contributed by atoms with E-state index < -0.39 is 74.7 Å². The molecule has 0 unspecified atom stereocenters. The predicted molar refractivity (Wildman–Crippen MR) is 251 cm³/mol. The highest BCUT2D eigenvalue weighted by Gasteiger charge is 2.59. The van der Waals surface area contributed by atoms with E-state index in [0.717, 1.165) is 16.7 Å². The number of carbonyl (C=O) groups excluding carboxylic acids is 2. The summed E-state index contributed by atoms with van der Waals surface area (Å²) in [4.78, 5) is 27.8. The Morgan fingerprint density at radius 2 is 1.09 bits per heavy atom. The number of ether oxygens (including phenoxy) is 5. The van der Waals surface area contributed by atoms with Crippen LogP contribution in [0.15, 0.2) is 152 Å². The van der Waals surface area contributed by atoms with Crippen molar-refractivity contribution in [3.05, 3.63) is 179 Å². The zero-order valence-corrected chi connectivity index (χ0v) is 39.3. The molecule has 0 bridgehead atoms. The van der Waals surface area contributed by atoms with Crippen LogP contribution >= 0.6 is 0 Å². The summed E-state index contributed by atoms with van der Waals surface area (Å²) in [5.41, 5.74) is 2.67. The average Bonchev–Trinajstić information content (AvgIpc) is 3.79. The molecule has 1 aliphatic carbocycles. The Bertz CT molecular complexity index is 2250. The molecule has 5 aromatic carbocycles. The molecule has 3 fully saturated rings. The van der Waals surface area contributed by atoms with Gasteiger partial charge in [0.1, 0.15) is 36.1 Å². The lowest BCUT2D eigenvalue weighted by Crippen LogP contribution is -2.68. The highest BCUT2D eigenvalue weighted by Crippen LogP contribution is 2.46. The van der Waals surface area contributed by atoms with Crippen molar-refractivity contribution in [3.63, 3.8) is 0 Å². The van der Waals surface area contributed by atoms with Gasteiger partial charge < -0.3 is 43.9 Å². The number of rotatable bonds is 14. The van der Waals surface area contributed by atoms with Gasteiger partial charge in [0, 0.05) is 11.1 Å². The molecule has 12 heteroatoms. The standard InChI is InChI=1S/C53H62N2O9Si/c1-51(2,3)65(6,7)64-44-41(55-49(58)36-25-15-9-16-26-36)33-40(54-48(57)35-23-13-8-14-24-35)43(56)46(44)61-50-47-45(62-52(4,5)63-47)42(60-50)34-59-53(37-27-17-10-18-28-37,38-29-19-11-20-30-38)39-31-21-12-22-32-39/h8-32,40-47,50,56H,33-34H2,1-7H3,(H,54,57)(H,55,58)/t40-,41+,42+,43+,44-,45+,46-,47+,50-/m0/s1. The molecule has 2 amide bonds. The fourth-order valence-electron chi connectivity index (χ4n) is 9.01. The molecule has 5 aromatic rings. The first-order valence-electron chi connectivity index (χ1n) is 22.6. The van der Waals surface area contributed by atoms with Crippen LogP contribution in [-0.2, 0) is 33.7 Å². The lowest BCUT2D eigenvalue weighted by molar-refractivity contribution is -0.273. The molecule has 2 heterocycles. The predicted octanol–water partition coefficient (Wildman–Crippen LogP) is 8.38. The van der Waals surface area contributed by atoms with Crippen molar-refractivity contribution >= 4 is 20.1 Å². The van der Waals surface area contributed by atoms with Gasteiger partial charge in [-0.2, -0.15) is 0 Å². The minimum absolute atomic E-state index is 0.0712. The molecule has 2 saturated heterocycles. The molecule has 342 valence electrons. The van der Waals surface area contributed by atoms with Crippen LogP contribution in [0.25, 0.3) is 0 Å². The molecule has 9 atom stereocenters. The number of aliphatic hydroxyl groups excluding tert-OH is 1. The van der Waals surface area contributed by atoms with E-state index in [9.17, 15) is 14.7 Å². The first kappa shape index (κ1) is 46.5. The van der Waals surface area contributed by atoms with Crippen LogP contribution in [0.4, 0.5) is 0 Å². The van der Waals surface area contributed by atoms with Crippen molar-refractivity contribution in [2.75, 3.05) is 6.61 Å². The van der Waals surface area contributed by atoms with Crippen molar-refractivity contribution in [1.29, 1.82) is 0 Å². The lowest BCUT2D eigenvalue weighted by atomic mass is 9.80. The van der Waals surface area contributed by atoms with E-state index in [2.05, 4.69) is 80.9 Å². The second-order valence-electron chi connectivity index (χ2n) is 19.3. The summed E-state index contributed by atoms with van der Waals surface area (Å²) >= 11 is 0. The molecule has 8 rings (SSSR count). The van der Waals surface area contributed by atoms with Crippen molar-refractivity contribution in [3.8, 4) is 0 Å². The summed E-state index contributed by atoms with van der Waals surface area (Å²) in [6, 6.07) is 46.6. The number of aliphatic hydroxyl groups is 1. The third kappa shape index (κ3) is 9.91. The van der Waals surface area contributed by atoms with Gasteiger partial charge in [0.2, 0.25) is 0 Å². The molecule has 1 saturated carbocycles. The summed E-state index contributed by atoms with van der Waals surface area (Å²) in [5, 5.41) is 18.6. The van der Waals surface area contributed by atoms with E-state index in [0.29, 0.717) is 11.1 Å². The zero-order valence-electron chi connectivity index (χ0n) is 38.3. The van der Waals surface area contributed by atoms with Gasteiger partial charge in [-0.1, -0.05) is 148 Å². The van der Waals surface area contributed by atoms with E-state index in [4.69, 9.17) is 28.1 Å². The van der Waals surface area contributed by atoms with Gasteiger partial charge >= 0.3 is 0 Å². The van der Waals surface area contributed by atoms with E-state index in [1.54, 1.807) is 48.5 Å². The number of benzene rings is 5. The maximum Gasteiger partial charge on any atom is 0.251 e. The van der Waals surface area contributed by atoms with Crippen LogP contribution < -0.4 is 10.6 Å². The minimum Gasteiger partial charge on any atom is -0.409 e. The molecule has 3 N–H and O–H groups in total. The second-order valence-corrected chi connectivity index (χ2v) is 24.0. The van der Waals surface area contributed by atoms with Crippen LogP contribution in [0.3, 0.4) is 0 Å². The van der Waals surface area contributed by atoms with Crippen LogP contribution in [0, 0.1) is 0 Å². The summed E-state index contributed by atoms with van der Waals surface area (Å²) in [7, 11) is -2.64. The lowest BCUT2D eigenvalue weighted by Gasteiger charge is -2.50. The summed E-state index contributed by atoms with van der Waals surface area (Å²) in [6.07, 6.45) is -6.24. The summed E-state index contributed by atoms with van der Waals surface area (Å²) in [6.45, 7) is 14.4. The van der Waals surface area contributed by atoms with E-state index in [1.807, 2.05) is 80.6 Å². The Morgan fingerprint density at radius 3 is 1.55 bits per heavy atom. The highest BCUT2D eigenvalue weighted by atomic mass is 28.4. The molecule has 3 aliphatic rings. The SMILES string of the molecule is CC1(C)O[C@H]2[C@H](O[C@H]3[C@H](O)[C@@H](NC(=O)c4ccccc4)C[C@@H](NC(=O)c4ccccc4)[C@@H]3O[Si](C)(C)C(C)(C)C)O[C@H](COC(c3ccccc3)(c3ccccc3)c3ccccc3)[C@H]2O1. The van der Waals surface area contributed by atoms with Gasteiger partial charge in [-0.25, -0.2) is 0 Å². The molecular weight excluding hydrogens is 837 g/mol. The monoisotopic (exact) mass is 898 g/mol. The molecule has 65 heavy (non-hydrogen) atoms. The summed E-state index contributed by atoms with van der Waals surface area (Å²) < 4.78 is 41.6. The van der Waals surface area contributed by atoms with Crippen LogP contribution in [0.1, 0.15) is 78.4 Å². The zero-order chi connectivity index (χ0) is 46.0. The van der Waals surface area contributed by atoms with Gasteiger partial charge in [0.25, 0.3) is 11.8 Å². The van der Waals surface area contributed by atoms with Crippen molar-refractivity contribution in [2.45, 2.75) is 126 Å². The van der Waals surface area contributed by atoms with Crippen molar-refractivity contribution in [2.24, 2.45) is 0 Å². The maximum atomic E-state index is 14.0. The number of carbonyl (C=O) groups is 2. The third-order valence-electron chi connectivity index (χ3n) is 13.3. The smallest absolute Gasteiger partial charge is 0.251 e. The normalized spacial score (nSPS) is 26.6. The van der Waals surface area contributed by atoms with Gasteiger partial charge in [0.15, 0.2) is 20.4 Å². The first-order valence-corrected chi connectivity index (χ1v) is 25.5. The Labute approximate surface area is 383 Å². The average molecular weight is 899 g/mol. The van der Waals surface area contributed by atoms with E-state index in [-0.39, 0.29) is 29.9 Å². The van der Waals surface area contributed by atoms with Gasteiger partial charge in [-0.3, -0.25) is 9.59 Å². The second kappa shape index (κ2) is 19.1.